The van der Waals surface area contributed by atoms with Gasteiger partial charge in [0, 0.05) is 19.1 Å². The van der Waals surface area contributed by atoms with Crippen LogP contribution in [0.5, 0.6) is 0 Å². The molecule has 1 atom stereocenters. The molecule has 0 N–H and O–H groups in total. The standard InChI is InChI=1S/C8H20N2S2/c1-9(2)8-5-6-10(7-8)12(3,4)11/h8,11H,5-7H2,1-4H3. The topological polar surface area (TPSA) is 6.48 Å². The van der Waals surface area contributed by atoms with E-state index in [1.54, 1.807) is 0 Å². The third-order valence-corrected chi connectivity index (χ3v) is 4.78. The molecule has 74 valence electrons. The number of nitrogens with zero attached hydrogens (tertiary/aromatic N) is 2. The molecule has 0 aromatic rings. The van der Waals surface area contributed by atoms with Gasteiger partial charge in [0.2, 0.25) is 0 Å². The third-order valence-electron chi connectivity index (χ3n) is 2.49. The molecule has 0 aromatic heterocycles. The van der Waals surface area contributed by atoms with Gasteiger partial charge in [-0.25, -0.2) is 0 Å². The molecule has 1 heterocycles. The summed E-state index contributed by atoms with van der Waals surface area (Å²) >= 11 is 4.65. The highest BCUT2D eigenvalue weighted by Crippen LogP contribution is 2.50. The largest absolute Gasteiger partial charge is 0.305 e. The van der Waals surface area contributed by atoms with E-state index in [2.05, 4.69) is 47.5 Å². The Labute approximate surface area is 82.6 Å². The normalized spacial score (nSPS) is 28.3. The molecule has 1 rings (SSSR count). The first-order valence-corrected chi connectivity index (χ1v) is 7.74. The van der Waals surface area contributed by atoms with Crippen molar-refractivity contribution in [2.24, 2.45) is 0 Å². The fraction of sp³-hybridized carbons (Fsp3) is 1.00. The Morgan fingerprint density at radius 3 is 2.25 bits per heavy atom. The molecule has 1 unspecified atom stereocenters. The SMILES string of the molecule is CN(C)C1CCN(S(C)(C)S)C1. The summed E-state index contributed by atoms with van der Waals surface area (Å²) in [4.78, 5) is 2.32. The van der Waals surface area contributed by atoms with E-state index in [0.717, 1.165) is 6.04 Å². The molecule has 1 fully saturated rings. The maximum atomic E-state index is 4.65. The third kappa shape index (κ3) is 2.55. The van der Waals surface area contributed by atoms with Crippen LogP contribution >= 0.6 is 20.9 Å². The molecule has 0 amide bonds. The minimum atomic E-state index is -0.768. The quantitative estimate of drug-likeness (QED) is 0.542. The second kappa shape index (κ2) is 3.78. The molecular formula is C8H20N2S2. The van der Waals surface area contributed by atoms with Crippen molar-refractivity contribution in [3.63, 3.8) is 0 Å². The van der Waals surface area contributed by atoms with Crippen LogP contribution in [0.3, 0.4) is 0 Å². The molecule has 12 heavy (non-hydrogen) atoms. The highest BCUT2D eigenvalue weighted by molar-refractivity contribution is 8.86. The van der Waals surface area contributed by atoms with E-state index in [9.17, 15) is 0 Å². The summed E-state index contributed by atoms with van der Waals surface area (Å²) < 4.78 is 2.51. The minimum absolute atomic E-state index is 0.740. The number of thiol groups is 1. The zero-order valence-electron chi connectivity index (χ0n) is 8.45. The van der Waals surface area contributed by atoms with Gasteiger partial charge in [0.25, 0.3) is 0 Å². The predicted octanol–water partition coefficient (Wildman–Crippen LogP) is 1.45. The van der Waals surface area contributed by atoms with Gasteiger partial charge in [0.1, 0.15) is 0 Å². The highest BCUT2D eigenvalue weighted by Gasteiger charge is 2.29. The summed E-state index contributed by atoms with van der Waals surface area (Å²) in [7, 11) is 3.56. The maximum absolute atomic E-state index is 4.65. The monoisotopic (exact) mass is 208 g/mol. The fourth-order valence-corrected chi connectivity index (χ4v) is 3.07. The van der Waals surface area contributed by atoms with Crippen molar-refractivity contribution in [1.29, 1.82) is 0 Å². The highest BCUT2D eigenvalue weighted by atomic mass is 33.1. The summed E-state index contributed by atoms with van der Waals surface area (Å²) in [5.41, 5.74) is 0. The molecule has 1 aliphatic rings. The first-order valence-electron chi connectivity index (χ1n) is 4.28. The van der Waals surface area contributed by atoms with Gasteiger partial charge >= 0.3 is 0 Å². The Bertz CT molecular complexity index is 154. The van der Waals surface area contributed by atoms with Crippen LogP contribution in [-0.4, -0.2) is 54.9 Å². The summed E-state index contributed by atoms with van der Waals surface area (Å²) in [6.45, 7) is 2.41. The lowest BCUT2D eigenvalue weighted by atomic mass is 10.2. The van der Waals surface area contributed by atoms with E-state index in [1.165, 1.54) is 19.5 Å². The van der Waals surface area contributed by atoms with E-state index in [-0.39, 0.29) is 0 Å². The van der Waals surface area contributed by atoms with E-state index in [4.69, 9.17) is 0 Å². The summed E-state index contributed by atoms with van der Waals surface area (Å²) in [6.07, 6.45) is 5.78. The number of likely N-dealkylation sites (N-methyl/N-ethyl adjacent to an activating group) is 1. The van der Waals surface area contributed by atoms with Crippen molar-refractivity contribution in [1.82, 2.24) is 9.21 Å². The van der Waals surface area contributed by atoms with Gasteiger partial charge in [-0.05, 0) is 33.0 Å². The average Bonchev–Trinajstić information content (AvgIpc) is 2.30. The van der Waals surface area contributed by atoms with Gasteiger partial charge < -0.3 is 4.90 Å². The molecule has 1 saturated heterocycles. The molecule has 1 aliphatic heterocycles. The number of rotatable bonds is 2. The maximum Gasteiger partial charge on any atom is 0.0238 e. The Morgan fingerprint density at radius 2 is 2.00 bits per heavy atom. The molecular weight excluding hydrogens is 188 g/mol. The number of hydrogen-bond donors (Lipinski definition) is 1. The van der Waals surface area contributed by atoms with Crippen molar-refractivity contribution >= 4 is 20.9 Å². The smallest absolute Gasteiger partial charge is 0.0238 e. The Hall–Kier alpha value is 0.620. The van der Waals surface area contributed by atoms with Crippen LogP contribution in [0.2, 0.25) is 0 Å². The van der Waals surface area contributed by atoms with Crippen molar-refractivity contribution in [3.8, 4) is 0 Å². The van der Waals surface area contributed by atoms with E-state index < -0.39 is 9.25 Å². The van der Waals surface area contributed by atoms with E-state index in [1.807, 2.05) is 0 Å². The van der Waals surface area contributed by atoms with E-state index in [0.29, 0.717) is 0 Å². The molecule has 0 aromatic carbocycles. The molecule has 0 saturated carbocycles. The fourth-order valence-electron chi connectivity index (χ4n) is 1.54. The Balaban J connectivity index is 2.46. The zero-order valence-corrected chi connectivity index (χ0v) is 10.2. The zero-order chi connectivity index (χ0) is 9.35. The molecule has 4 heteroatoms. The average molecular weight is 208 g/mol. The van der Waals surface area contributed by atoms with Crippen LogP contribution in [0.15, 0.2) is 0 Å². The van der Waals surface area contributed by atoms with Gasteiger partial charge in [-0.3, -0.25) is 4.31 Å². The first kappa shape index (κ1) is 10.7. The van der Waals surface area contributed by atoms with Crippen LogP contribution in [-0.2, 0) is 0 Å². The van der Waals surface area contributed by atoms with Gasteiger partial charge in [0.15, 0.2) is 0 Å². The second-order valence-corrected chi connectivity index (χ2v) is 9.65. The van der Waals surface area contributed by atoms with Gasteiger partial charge in [0.05, 0.1) is 0 Å². The van der Waals surface area contributed by atoms with Crippen molar-refractivity contribution in [3.05, 3.63) is 0 Å². The summed E-state index contributed by atoms with van der Waals surface area (Å²) in [6, 6.07) is 0.740. The van der Waals surface area contributed by atoms with Crippen molar-refractivity contribution in [2.75, 3.05) is 39.7 Å². The lowest BCUT2D eigenvalue weighted by molar-refractivity contribution is 0.305. The van der Waals surface area contributed by atoms with Crippen LogP contribution in [0.25, 0.3) is 0 Å². The van der Waals surface area contributed by atoms with E-state index >= 15 is 0 Å². The van der Waals surface area contributed by atoms with Gasteiger partial charge in [-0.15, -0.1) is 20.9 Å². The van der Waals surface area contributed by atoms with Gasteiger partial charge in [-0.2, -0.15) is 0 Å². The second-order valence-electron chi connectivity index (χ2n) is 4.01. The molecule has 2 nitrogen and oxygen atoms in total. The molecule has 0 aliphatic carbocycles. The van der Waals surface area contributed by atoms with Crippen LogP contribution < -0.4 is 0 Å². The first-order chi connectivity index (χ1) is 5.41. The lowest BCUT2D eigenvalue weighted by Crippen LogP contribution is -2.31. The van der Waals surface area contributed by atoms with Crippen molar-refractivity contribution in [2.45, 2.75) is 12.5 Å². The van der Waals surface area contributed by atoms with Crippen LogP contribution in [0, 0.1) is 0 Å². The molecule has 0 spiro atoms. The van der Waals surface area contributed by atoms with Crippen molar-refractivity contribution < 1.29 is 0 Å². The summed E-state index contributed by atoms with van der Waals surface area (Å²) in [5.74, 6) is 0. The minimum Gasteiger partial charge on any atom is -0.305 e. The Kier molecular flexibility index (Phi) is 3.37. The molecule has 0 bridgehead atoms. The molecule has 0 radical (unpaired) electrons. The van der Waals surface area contributed by atoms with Gasteiger partial charge in [-0.1, -0.05) is 0 Å². The Morgan fingerprint density at radius 1 is 1.42 bits per heavy atom. The lowest BCUT2D eigenvalue weighted by Gasteiger charge is -2.36. The predicted molar refractivity (Wildman–Crippen MR) is 62.1 cm³/mol. The number of hydrogen-bond acceptors (Lipinski definition) is 3. The summed E-state index contributed by atoms with van der Waals surface area (Å²) in [5, 5.41) is 0. The van der Waals surface area contributed by atoms with Crippen LogP contribution in [0.4, 0.5) is 0 Å². The van der Waals surface area contributed by atoms with Crippen LogP contribution in [0.1, 0.15) is 6.42 Å².